The number of hydrogen-bond acceptors (Lipinski definition) is 5. The second-order valence-corrected chi connectivity index (χ2v) is 4.17. The first-order valence-corrected chi connectivity index (χ1v) is 5.59. The summed E-state index contributed by atoms with van der Waals surface area (Å²) in [6.07, 6.45) is 0. The summed E-state index contributed by atoms with van der Waals surface area (Å²) >= 11 is 0. The van der Waals surface area contributed by atoms with Crippen molar-refractivity contribution in [3.63, 3.8) is 0 Å². The molecule has 2 saturated heterocycles. The Morgan fingerprint density at radius 3 is 1.53 bits per heavy atom. The molecular weight excluding hydrogens is 196 g/mol. The molecule has 5 heteroatoms. The van der Waals surface area contributed by atoms with Crippen molar-refractivity contribution in [3.05, 3.63) is 0 Å². The molecule has 1 N–H and O–H groups in total. The van der Waals surface area contributed by atoms with Gasteiger partial charge in [-0.05, 0) is 6.92 Å². The van der Waals surface area contributed by atoms with Crippen LogP contribution < -0.4 is 0 Å². The molecule has 2 aliphatic heterocycles. The molecule has 0 amide bonds. The second kappa shape index (κ2) is 4.76. The zero-order valence-corrected chi connectivity index (χ0v) is 9.31. The average molecular weight is 216 g/mol. The van der Waals surface area contributed by atoms with Crippen molar-refractivity contribution in [2.75, 3.05) is 52.6 Å². The second-order valence-electron chi connectivity index (χ2n) is 4.17. The van der Waals surface area contributed by atoms with Crippen molar-refractivity contribution in [1.29, 1.82) is 0 Å². The van der Waals surface area contributed by atoms with Gasteiger partial charge in [-0.15, -0.1) is 0 Å². The van der Waals surface area contributed by atoms with Gasteiger partial charge in [-0.1, -0.05) is 0 Å². The van der Waals surface area contributed by atoms with E-state index in [1.807, 2.05) is 6.92 Å². The third-order valence-electron chi connectivity index (χ3n) is 3.22. The number of nitrogens with zero attached hydrogens (tertiary/aromatic N) is 2. The maximum atomic E-state index is 10.5. The van der Waals surface area contributed by atoms with E-state index in [4.69, 9.17) is 9.47 Å². The van der Waals surface area contributed by atoms with Gasteiger partial charge < -0.3 is 14.6 Å². The lowest BCUT2D eigenvalue weighted by molar-refractivity contribution is -0.234. The van der Waals surface area contributed by atoms with Gasteiger partial charge in [-0.2, -0.15) is 0 Å². The van der Waals surface area contributed by atoms with E-state index < -0.39 is 5.85 Å². The predicted octanol–water partition coefficient (Wildman–Crippen LogP) is -0.683. The van der Waals surface area contributed by atoms with E-state index in [9.17, 15) is 5.11 Å². The van der Waals surface area contributed by atoms with Crippen LogP contribution in [0.25, 0.3) is 0 Å². The van der Waals surface area contributed by atoms with Crippen LogP contribution in [-0.2, 0) is 9.47 Å². The van der Waals surface area contributed by atoms with Crippen molar-refractivity contribution in [2.45, 2.75) is 12.8 Å². The molecule has 2 fully saturated rings. The van der Waals surface area contributed by atoms with Gasteiger partial charge in [0.1, 0.15) is 0 Å². The van der Waals surface area contributed by atoms with Crippen LogP contribution in [-0.4, -0.2) is 73.4 Å². The minimum absolute atomic E-state index is 0.709. The Morgan fingerprint density at radius 2 is 1.20 bits per heavy atom. The lowest BCUT2D eigenvalue weighted by Crippen LogP contribution is -2.63. The third-order valence-corrected chi connectivity index (χ3v) is 3.22. The first-order chi connectivity index (χ1) is 7.21. The molecule has 2 aliphatic rings. The molecule has 0 radical (unpaired) electrons. The Balaban J connectivity index is 1.96. The fourth-order valence-corrected chi connectivity index (χ4v) is 2.17. The fraction of sp³-hybridized carbons (Fsp3) is 1.00. The van der Waals surface area contributed by atoms with Crippen molar-refractivity contribution >= 4 is 0 Å². The molecule has 0 unspecified atom stereocenters. The van der Waals surface area contributed by atoms with Crippen molar-refractivity contribution in [3.8, 4) is 0 Å². The largest absolute Gasteiger partial charge is 0.379 e. The molecule has 5 nitrogen and oxygen atoms in total. The van der Waals surface area contributed by atoms with Gasteiger partial charge in [0, 0.05) is 26.2 Å². The van der Waals surface area contributed by atoms with Crippen LogP contribution >= 0.6 is 0 Å². The molecular formula is C10H20N2O3. The summed E-state index contributed by atoms with van der Waals surface area (Å²) in [6.45, 7) is 7.88. The highest BCUT2D eigenvalue weighted by molar-refractivity contribution is 4.79. The van der Waals surface area contributed by atoms with E-state index in [1.54, 1.807) is 0 Å². The van der Waals surface area contributed by atoms with Crippen LogP contribution in [0.15, 0.2) is 0 Å². The first-order valence-electron chi connectivity index (χ1n) is 5.59. The van der Waals surface area contributed by atoms with Crippen LogP contribution in [0.4, 0.5) is 0 Å². The molecule has 88 valence electrons. The Hall–Kier alpha value is -0.200. The lowest BCUT2D eigenvalue weighted by Gasteiger charge is -2.47. The van der Waals surface area contributed by atoms with Crippen molar-refractivity contribution in [1.82, 2.24) is 9.80 Å². The standard InChI is InChI=1S/C10H20N2O3/c1-10(13,11-2-6-14-7-3-11)12-4-8-15-9-5-12/h13H,2-9H2,1H3. The number of morpholine rings is 2. The molecule has 2 rings (SSSR count). The highest BCUT2D eigenvalue weighted by atomic mass is 16.5. The zero-order valence-electron chi connectivity index (χ0n) is 9.31. The van der Waals surface area contributed by atoms with Crippen LogP contribution in [0.2, 0.25) is 0 Å². The Kier molecular flexibility index (Phi) is 3.58. The summed E-state index contributed by atoms with van der Waals surface area (Å²) < 4.78 is 10.6. The summed E-state index contributed by atoms with van der Waals surface area (Å²) in [7, 11) is 0. The number of aliphatic hydroxyl groups is 1. The number of hydrogen-bond donors (Lipinski definition) is 1. The Morgan fingerprint density at radius 1 is 0.867 bits per heavy atom. The third kappa shape index (κ3) is 2.49. The Bertz CT molecular complexity index is 179. The van der Waals surface area contributed by atoms with Crippen molar-refractivity contribution in [2.24, 2.45) is 0 Å². The van der Waals surface area contributed by atoms with E-state index >= 15 is 0 Å². The smallest absolute Gasteiger partial charge is 0.174 e. The molecule has 0 saturated carbocycles. The highest BCUT2D eigenvalue weighted by Gasteiger charge is 2.37. The van der Waals surface area contributed by atoms with Crippen LogP contribution in [0.5, 0.6) is 0 Å². The minimum Gasteiger partial charge on any atom is -0.379 e. The molecule has 0 aromatic heterocycles. The van der Waals surface area contributed by atoms with Gasteiger partial charge in [0.25, 0.3) is 0 Å². The molecule has 0 aromatic rings. The molecule has 0 bridgehead atoms. The first kappa shape index (κ1) is 11.3. The maximum Gasteiger partial charge on any atom is 0.174 e. The summed E-state index contributed by atoms with van der Waals surface area (Å²) in [5.41, 5.74) is 0. The topological polar surface area (TPSA) is 45.2 Å². The van der Waals surface area contributed by atoms with Gasteiger partial charge in [0.2, 0.25) is 0 Å². The maximum absolute atomic E-state index is 10.5. The van der Waals surface area contributed by atoms with Gasteiger partial charge in [0.05, 0.1) is 26.4 Å². The molecule has 0 atom stereocenters. The normalized spacial score (nSPS) is 26.8. The molecule has 0 aliphatic carbocycles. The van der Waals surface area contributed by atoms with Crippen molar-refractivity contribution < 1.29 is 14.6 Å². The summed E-state index contributed by atoms with van der Waals surface area (Å²) in [4.78, 5) is 4.14. The van der Waals surface area contributed by atoms with Crippen LogP contribution in [0.3, 0.4) is 0 Å². The van der Waals surface area contributed by atoms with E-state index in [-0.39, 0.29) is 0 Å². The minimum atomic E-state index is -0.854. The summed E-state index contributed by atoms with van der Waals surface area (Å²) in [5.74, 6) is -0.854. The van der Waals surface area contributed by atoms with E-state index in [1.165, 1.54) is 0 Å². The van der Waals surface area contributed by atoms with Crippen LogP contribution in [0.1, 0.15) is 6.92 Å². The lowest BCUT2D eigenvalue weighted by atomic mass is 10.2. The molecule has 2 heterocycles. The van der Waals surface area contributed by atoms with Crippen LogP contribution in [0, 0.1) is 0 Å². The van der Waals surface area contributed by atoms with E-state index in [2.05, 4.69) is 9.80 Å². The predicted molar refractivity (Wildman–Crippen MR) is 55.4 cm³/mol. The molecule has 0 aromatic carbocycles. The molecule has 0 spiro atoms. The highest BCUT2D eigenvalue weighted by Crippen LogP contribution is 2.19. The van der Waals surface area contributed by atoms with E-state index in [0.29, 0.717) is 26.4 Å². The Labute approximate surface area is 90.6 Å². The number of ether oxygens (including phenoxy) is 2. The summed E-state index contributed by atoms with van der Waals surface area (Å²) in [5, 5.41) is 10.5. The van der Waals surface area contributed by atoms with Gasteiger partial charge >= 0.3 is 0 Å². The monoisotopic (exact) mass is 216 g/mol. The molecule has 15 heavy (non-hydrogen) atoms. The SMILES string of the molecule is CC(O)(N1CCOCC1)N1CCOCC1. The summed E-state index contributed by atoms with van der Waals surface area (Å²) in [6, 6.07) is 0. The van der Waals surface area contributed by atoms with Gasteiger partial charge in [-0.25, -0.2) is 0 Å². The van der Waals surface area contributed by atoms with Gasteiger partial charge in [-0.3, -0.25) is 9.80 Å². The van der Waals surface area contributed by atoms with E-state index in [0.717, 1.165) is 26.2 Å². The fourth-order valence-electron chi connectivity index (χ4n) is 2.17. The average Bonchev–Trinajstić information content (AvgIpc) is 2.31. The quantitative estimate of drug-likeness (QED) is 0.662. The number of rotatable bonds is 2. The van der Waals surface area contributed by atoms with Gasteiger partial charge in [0.15, 0.2) is 5.85 Å². The zero-order chi connectivity index (χ0) is 10.7.